The normalized spacial score (nSPS) is 12.0. The number of para-hydroxylation sites is 1. The number of aryl methyl sites for hydroxylation is 2. The molecule has 1 atom stereocenters. The number of hydrogen-bond acceptors (Lipinski definition) is 5. The quantitative estimate of drug-likeness (QED) is 0.604. The van der Waals surface area contributed by atoms with Crippen molar-refractivity contribution in [3.63, 3.8) is 0 Å². The van der Waals surface area contributed by atoms with E-state index in [9.17, 15) is 9.90 Å². The summed E-state index contributed by atoms with van der Waals surface area (Å²) in [6, 6.07) is 12.8. The fourth-order valence-corrected chi connectivity index (χ4v) is 3.85. The number of nitrogens with zero attached hydrogens (tertiary/aromatic N) is 3. The molecule has 0 saturated heterocycles. The number of rotatable bonds is 6. The highest BCUT2D eigenvalue weighted by Gasteiger charge is 2.21. The van der Waals surface area contributed by atoms with Gasteiger partial charge in [-0.05, 0) is 63.1 Å². The first kappa shape index (κ1) is 19.9. The first-order chi connectivity index (χ1) is 13.4. The second-order valence-corrected chi connectivity index (χ2v) is 7.92. The Morgan fingerprint density at radius 1 is 1.14 bits per heavy atom. The van der Waals surface area contributed by atoms with Crippen LogP contribution in [0.25, 0.3) is 11.4 Å². The zero-order valence-corrected chi connectivity index (χ0v) is 17.2. The Morgan fingerprint density at radius 2 is 1.79 bits per heavy atom. The van der Waals surface area contributed by atoms with Crippen LogP contribution in [0.5, 0.6) is 5.75 Å². The van der Waals surface area contributed by atoms with Gasteiger partial charge in [-0.3, -0.25) is 4.79 Å². The molecule has 2 N–H and O–H groups in total. The van der Waals surface area contributed by atoms with Gasteiger partial charge in [-0.1, -0.05) is 30.0 Å². The summed E-state index contributed by atoms with van der Waals surface area (Å²) < 4.78 is 1.97. The zero-order valence-electron chi connectivity index (χ0n) is 16.4. The van der Waals surface area contributed by atoms with Crippen LogP contribution in [0.4, 0.5) is 5.69 Å². The second-order valence-electron chi connectivity index (χ2n) is 6.61. The fourth-order valence-electron chi connectivity index (χ4n) is 2.93. The molecular formula is C21H24N4O2S. The van der Waals surface area contributed by atoms with Crippen molar-refractivity contribution < 1.29 is 9.90 Å². The maximum atomic E-state index is 12.7. The molecule has 7 heteroatoms. The molecule has 0 saturated carbocycles. The van der Waals surface area contributed by atoms with Gasteiger partial charge in [-0.25, -0.2) is 0 Å². The molecule has 28 heavy (non-hydrogen) atoms. The molecule has 1 aromatic heterocycles. The van der Waals surface area contributed by atoms with Gasteiger partial charge in [0, 0.05) is 17.8 Å². The van der Waals surface area contributed by atoms with Crippen molar-refractivity contribution in [3.8, 4) is 17.1 Å². The van der Waals surface area contributed by atoms with Crippen molar-refractivity contribution >= 4 is 23.4 Å². The molecule has 0 aliphatic carbocycles. The number of carbonyl (C=O) groups is 1. The summed E-state index contributed by atoms with van der Waals surface area (Å²) in [7, 11) is 0. The van der Waals surface area contributed by atoms with E-state index in [0.29, 0.717) is 17.5 Å². The lowest BCUT2D eigenvalue weighted by Gasteiger charge is -2.15. The van der Waals surface area contributed by atoms with Gasteiger partial charge in [0.1, 0.15) is 5.75 Å². The van der Waals surface area contributed by atoms with Gasteiger partial charge in [0.05, 0.1) is 5.25 Å². The van der Waals surface area contributed by atoms with Crippen LogP contribution in [-0.2, 0) is 11.3 Å². The summed E-state index contributed by atoms with van der Waals surface area (Å²) in [5.74, 6) is 0.851. The third-order valence-electron chi connectivity index (χ3n) is 4.54. The summed E-state index contributed by atoms with van der Waals surface area (Å²) in [6.07, 6.45) is 0. The molecule has 3 rings (SSSR count). The Labute approximate surface area is 169 Å². The van der Waals surface area contributed by atoms with Crippen molar-refractivity contribution in [2.45, 2.75) is 44.6 Å². The van der Waals surface area contributed by atoms with Crippen LogP contribution in [0.1, 0.15) is 25.0 Å². The van der Waals surface area contributed by atoms with Crippen LogP contribution in [-0.4, -0.2) is 31.0 Å². The van der Waals surface area contributed by atoms with Crippen LogP contribution in [0, 0.1) is 13.8 Å². The number of phenolic OH excluding ortho intramolecular Hbond substituents is 1. The first-order valence-corrected chi connectivity index (χ1v) is 10.0. The predicted octanol–water partition coefficient (Wildman–Crippen LogP) is 4.41. The molecule has 1 amide bonds. The smallest absolute Gasteiger partial charge is 0.237 e. The Balaban J connectivity index is 1.77. The Morgan fingerprint density at radius 3 is 2.39 bits per heavy atom. The summed E-state index contributed by atoms with van der Waals surface area (Å²) in [4.78, 5) is 12.7. The van der Waals surface area contributed by atoms with E-state index in [1.54, 1.807) is 24.3 Å². The van der Waals surface area contributed by atoms with Crippen molar-refractivity contribution in [3.05, 3.63) is 53.6 Å². The minimum absolute atomic E-state index is 0.0702. The number of hydrogen-bond donors (Lipinski definition) is 2. The van der Waals surface area contributed by atoms with Gasteiger partial charge in [0.25, 0.3) is 0 Å². The van der Waals surface area contributed by atoms with E-state index in [4.69, 9.17) is 0 Å². The highest BCUT2D eigenvalue weighted by atomic mass is 32.2. The summed E-state index contributed by atoms with van der Waals surface area (Å²) in [6.45, 7) is 8.52. The molecule has 1 heterocycles. The highest BCUT2D eigenvalue weighted by molar-refractivity contribution is 8.00. The Kier molecular flexibility index (Phi) is 6.04. The molecule has 0 unspecified atom stereocenters. The van der Waals surface area contributed by atoms with Crippen LogP contribution in [0.2, 0.25) is 0 Å². The largest absolute Gasteiger partial charge is 0.508 e. The number of thioether (sulfide) groups is 1. The predicted molar refractivity (Wildman–Crippen MR) is 113 cm³/mol. The van der Waals surface area contributed by atoms with E-state index in [-0.39, 0.29) is 16.9 Å². The lowest BCUT2D eigenvalue weighted by atomic mass is 10.1. The third-order valence-corrected chi connectivity index (χ3v) is 5.62. The molecule has 3 aromatic rings. The molecular weight excluding hydrogens is 372 g/mol. The average Bonchev–Trinajstić information content (AvgIpc) is 3.07. The summed E-state index contributed by atoms with van der Waals surface area (Å²) in [5.41, 5.74) is 3.81. The van der Waals surface area contributed by atoms with E-state index in [1.807, 2.05) is 50.5 Å². The van der Waals surface area contributed by atoms with Crippen LogP contribution < -0.4 is 5.32 Å². The van der Waals surface area contributed by atoms with E-state index in [2.05, 4.69) is 15.5 Å². The van der Waals surface area contributed by atoms with Crippen molar-refractivity contribution in [1.29, 1.82) is 0 Å². The Bertz CT molecular complexity index is 962. The minimum atomic E-state index is -0.332. The number of phenols is 1. The molecule has 0 radical (unpaired) electrons. The van der Waals surface area contributed by atoms with Gasteiger partial charge in [0.15, 0.2) is 11.0 Å². The first-order valence-electron chi connectivity index (χ1n) is 9.17. The minimum Gasteiger partial charge on any atom is -0.508 e. The lowest BCUT2D eigenvalue weighted by molar-refractivity contribution is -0.115. The maximum Gasteiger partial charge on any atom is 0.237 e. The van der Waals surface area contributed by atoms with Gasteiger partial charge in [-0.2, -0.15) is 0 Å². The number of aromatic hydroxyl groups is 1. The SMILES string of the molecule is CCn1c(S[C@@H](C)C(=O)Nc2c(C)cccc2C)nnc1-c1ccc(O)cc1. The standard InChI is InChI=1S/C21H24N4O2S/c1-5-25-19(16-9-11-17(26)12-10-16)23-24-21(25)28-15(4)20(27)22-18-13(2)7-6-8-14(18)3/h6-12,15,26H,5H2,1-4H3,(H,22,27)/t15-/m0/s1. The fraction of sp³-hybridized carbons (Fsp3) is 0.286. The number of nitrogens with one attached hydrogen (secondary N) is 1. The van der Waals surface area contributed by atoms with Gasteiger partial charge < -0.3 is 15.0 Å². The number of anilines is 1. The molecule has 0 aliphatic heterocycles. The Hall–Kier alpha value is -2.80. The van der Waals surface area contributed by atoms with Crippen molar-refractivity contribution in [2.75, 3.05) is 5.32 Å². The van der Waals surface area contributed by atoms with Gasteiger partial charge in [-0.15, -0.1) is 10.2 Å². The van der Waals surface area contributed by atoms with E-state index in [0.717, 1.165) is 22.4 Å². The third kappa shape index (κ3) is 4.20. The monoisotopic (exact) mass is 396 g/mol. The number of benzene rings is 2. The van der Waals surface area contributed by atoms with E-state index < -0.39 is 0 Å². The molecule has 146 valence electrons. The molecule has 6 nitrogen and oxygen atoms in total. The van der Waals surface area contributed by atoms with E-state index in [1.165, 1.54) is 11.8 Å². The zero-order chi connectivity index (χ0) is 20.3. The number of carbonyl (C=O) groups excluding carboxylic acids is 1. The van der Waals surface area contributed by atoms with Gasteiger partial charge in [0.2, 0.25) is 5.91 Å². The van der Waals surface area contributed by atoms with Crippen molar-refractivity contribution in [2.24, 2.45) is 0 Å². The highest BCUT2D eigenvalue weighted by Crippen LogP contribution is 2.29. The summed E-state index contributed by atoms with van der Waals surface area (Å²) >= 11 is 1.38. The second kappa shape index (κ2) is 8.48. The topological polar surface area (TPSA) is 80.0 Å². The molecule has 0 aliphatic rings. The molecule has 0 bridgehead atoms. The lowest BCUT2D eigenvalue weighted by Crippen LogP contribution is -2.23. The molecule has 0 fully saturated rings. The maximum absolute atomic E-state index is 12.7. The number of aromatic nitrogens is 3. The van der Waals surface area contributed by atoms with Crippen LogP contribution in [0.3, 0.4) is 0 Å². The molecule has 0 spiro atoms. The van der Waals surface area contributed by atoms with Crippen LogP contribution >= 0.6 is 11.8 Å². The summed E-state index contributed by atoms with van der Waals surface area (Å²) in [5, 5.41) is 21.5. The average molecular weight is 397 g/mol. The van der Waals surface area contributed by atoms with E-state index >= 15 is 0 Å². The number of amides is 1. The molecule has 2 aromatic carbocycles. The van der Waals surface area contributed by atoms with Gasteiger partial charge >= 0.3 is 0 Å². The van der Waals surface area contributed by atoms with Crippen molar-refractivity contribution in [1.82, 2.24) is 14.8 Å². The van der Waals surface area contributed by atoms with Crippen LogP contribution in [0.15, 0.2) is 47.6 Å².